The maximum Gasteiger partial charge on any atom is 0.295 e. The lowest BCUT2D eigenvalue weighted by atomic mass is 9.97. The maximum absolute atomic E-state index is 12.1. The van der Waals surface area contributed by atoms with Crippen LogP contribution in [0.3, 0.4) is 0 Å². The molecule has 1 N–H and O–H groups in total. The first-order chi connectivity index (χ1) is 12.0. The van der Waals surface area contributed by atoms with Crippen molar-refractivity contribution >= 4 is 31.7 Å². The Kier molecular flexibility index (Phi) is 3.79. The zero-order valence-electron chi connectivity index (χ0n) is 13.4. The molecule has 0 saturated heterocycles. The second-order valence-electron chi connectivity index (χ2n) is 6.07. The lowest BCUT2D eigenvalue weighted by molar-refractivity contribution is 0.483. The van der Waals surface area contributed by atoms with E-state index in [2.05, 4.69) is 0 Å². The third kappa shape index (κ3) is 2.90. The van der Waals surface area contributed by atoms with Gasteiger partial charge in [0, 0.05) is 5.39 Å². The van der Waals surface area contributed by atoms with E-state index >= 15 is 0 Å². The minimum Gasteiger partial charge on any atom is -0.282 e. The Morgan fingerprint density at radius 3 is 1.96 bits per heavy atom. The SMILES string of the molecule is O=S(=O)(O)c1c(Cc2cccc3ccccc23)ccc2ccccc12. The van der Waals surface area contributed by atoms with Gasteiger partial charge in [-0.25, -0.2) is 0 Å². The van der Waals surface area contributed by atoms with Gasteiger partial charge >= 0.3 is 0 Å². The summed E-state index contributed by atoms with van der Waals surface area (Å²) >= 11 is 0. The summed E-state index contributed by atoms with van der Waals surface area (Å²) in [5.41, 5.74) is 1.62. The highest BCUT2D eigenvalue weighted by molar-refractivity contribution is 7.86. The average Bonchev–Trinajstić information content (AvgIpc) is 2.61. The molecule has 0 aliphatic heterocycles. The van der Waals surface area contributed by atoms with Crippen molar-refractivity contribution in [2.75, 3.05) is 0 Å². The molecule has 3 nitrogen and oxygen atoms in total. The van der Waals surface area contributed by atoms with Crippen molar-refractivity contribution in [2.45, 2.75) is 11.3 Å². The Bertz CT molecular complexity index is 1190. The van der Waals surface area contributed by atoms with Crippen LogP contribution in [0.1, 0.15) is 11.1 Å². The topological polar surface area (TPSA) is 54.4 Å². The Balaban J connectivity index is 1.95. The lowest BCUT2D eigenvalue weighted by Crippen LogP contribution is -2.05. The van der Waals surface area contributed by atoms with Gasteiger partial charge in [-0.3, -0.25) is 4.55 Å². The van der Waals surface area contributed by atoms with Crippen molar-refractivity contribution in [3.8, 4) is 0 Å². The summed E-state index contributed by atoms with van der Waals surface area (Å²) in [5, 5.41) is 3.52. The zero-order chi connectivity index (χ0) is 17.4. The molecule has 0 heterocycles. The summed E-state index contributed by atoms with van der Waals surface area (Å²) in [4.78, 5) is -0.00136. The van der Waals surface area contributed by atoms with Crippen LogP contribution >= 0.6 is 0 Å². The fourth-order valence-electron chi connectivity index (χ4n) is 3.38. The van der Waals surface area contributed by atoms with E-state index in [0.29, 0.717) is 17.4 Å². The predicted molar refractivity (Wildman–Crippen MR) is 101 cm³/mol. The van der Waals surface area contributed by atoms with Gasteiger partial charge in [0.25, 0.3) is 10.1 Å². The van der Waals surface area contributed by atoms with E-state index in [9.17, 15) is 13.0 Å². The molecule has 0 atom stereocenters. The van der Waals surface area contributed by atoms with Crippen LogP contribution in [0.15, 0.2) is 83.8 Å². The van der Waals surface area contributed by atoms with E-state index in [4.69, 9.17) is 0 Å². The Morgan fingerprint density at radius 2 is 1.24 bits per heavy atom. The second-order valence-corrected chi connectivity index (χ2v) is 7.42. The van der Waals surface area contributed by atoms with Crippen LogP contribution in [0, 0.1) is 0 Å². The molecule has 0 aliphatic carbocycles. The minimum atomic E-state index is -4.33. The Morgan fingerprint density at radius 1 is 0.640 bits per heavy atom. The molecule has 4 rings (SSSR count). The molecule has 25 heavy (non-hydrogen) atoms. The number of hydrogen-bond acceptors (Lipinski definition) is 2. The zero-order valence-corrected chi connectivity index (χ0v) is 14.2. The minimum absolute atomic E-state index is 0.00136. The fraction of sp³-hybridized carbons (Fsp3) is 0.0476. The number of fused-ring (bicyclic) bond motifs is 2. The summed E-state index contributed by atoms with van der Waals surface area (Å²) in [5.74, 6) is 0. The quantitative estimate of drug-likeness (QED) is 0.540. The summed E-state index contributed by atoms with van der Waals surface area (Å²) in [6.45, 7) is 0. The average molecular weight is 348 g/mol. The van der Waals surface area contributed by atoms with Crippen LogP contribution < -0.4 is 0 Å². The molecule has 0 bridgehead atoms. The molecule has 4 aromatic rings. The van der Waals surface area contributed by atoms with Gasteiger partial charge in [-0.05, 0) is 33.7 Å². The number of rotatable bonds is 3. The summed E-state index contributed by atoms with van der Waals surface area (Å²) < 4.78 is 34.0. The number of hydrogen-bond donors (Lipinski definition) is 1. The van der Waals surface area contributed by atoms with E-state index in [-0.39, 0.29) is 4.90 Å². The highest BCUT2D eigenvalue weighted by atomic mass is 32.2. The molecular weight excluding hydrogens is 332 g/mol. The van der Waals surface area contributed by atoms with Crippen molar-refractivity contribution in [1.82, 2.24) is 0 Å². The van der Waals surface area contributed by atoms with Crippen LogP contribution in [0.4, 0.5) is 0 Å². The van der Waals surface area contributed by atoms with Crippen LogP contribution in [0.5, 0.6) is 0 Å². The normalized spacial score (nSPS) is 11.9. The van der Waals surface area contributed by atoms with Crippen molar-refractivity contribution < 1.29 is 13.0 Å². The van der Waals surface area contributed by atoms with E-state index in [1.807, 2.05) is 60.7 Å². The van der Waals surface area contributed by atoms with Crippen LogP contribution in [-0.2, 0) is 16.5 Å². The second kappa shape index (κ2) is 5.99. The number of benzene rings is 4. The van der Waals surface area contributed by atoms with Gasteiger partial charge in [0.05, 0.1) is 0 Å². The van der Waals surface area contributed by atoms with Gasteiger partial charge in [0.1, 0.15) is 4.90 Å². The fourth-order valence-corrected chi connectivity index (χ4v) is 4.32. The Hall–Kier alpha value is -2.69. The first kappa shape index (κ1) is 15.8. The summed E-state index contributed by atoms with van der Waals surface area (Å²) in [7, 11) is -4.33. The third-order valence-electron chi connectivity index (χ3n) is 4.48. The molecule has 0 unspecified atom stereocenters. The maximum atomic E-state index is 12.1. The highest BCUT2D eigenvalue weighted by Crippen LogP contribution is 2.30. The molecular formula is C21H16O3S. The van der Waals surface area contributed by atoms with Gasteiger partial charge in [-0.1, -0.05) is 78.9 Å². The van der Waals surface area contributed by atoms with Gasteiger partial charge in [0.2, 0.25) is 0 Å². The van der Waals surface area contributed by atoms with Crippen molar-refractivity contribution in [2.24, 2.45) is 0 Å². The largest absolute Gasteiger partial charge is 0.295 e. The standard InChI is InChI=1S/C21H16O3S/c22-25(23,24)21-18(13-12-16-7-2-4-11-20(16)21)14-17-9-5-8-15-6-1-3-10-19(15)17/h1-13H,14H2,(H,22,23,24). The van der Waals surface area contributed by atoms with Crippen LogP contribution in [0.2, 0.25) is 0 Å². The smallest absolute Gasteiger partial charge is 0.282 e. The molecule has 0 saturated carbocycles. The lowest BCUT2D eigenvalue weighted by Gasteiger charge is -2.12. The van der Waals surface area contributed by atoms with Crippen molar-refractivity contribution in [3.63, 3.8) is 0 Å². The molecule has 0 aliphatic rings. The van der Waals surface area contributed by atoms with E-state index < -0.39 is 10.1 Å². The van der Waals surface area contributed by atoms with Crippen LogP contribution in [-0.4, -0.2) is 13.0 Å². The van der Waals surface area contributed by atoms with Crippen molar-refractivity contribution in [3.05, 3.63) is 90.0 Å². The Labute approximate surface area is 146 Å². The van der Waals surface area contributed by atoms with E-state index in [1.165, 1.54) is 0 Å². The molecule has 0 radical (unpaired) electrons. The molecule has 0 aromatic heterocycles. The molecule has 0 fully saturated rings. The first-order valence-electron chi connectivity index (χ1n) is 7.99. The van der Waals surface area contributed by atoms with Crippen LogP contribution in [0.25, 0.3) is 21.5 Å². The molecule has 0 spiro atoms. The molecule has 4 heteroatoms. The van der Waals surface area contributed by atoms with E-state index in [0.717, 1.165) is 21.7 Å². The third-order valence-corrected chi connectivity index (χ3v) is 5.48. The molecule has 0 amide bonds. The predicted octanol–water partition coefficient (Wildman–Crippen LogP) is 4.83. The van der Waals surface area contributed by atoms with Gasteiger partial charge in [-0.2, -0.15) is 8.42 Å². The summed E-state index contributed by atoms with van der Waals surface area (Å²) in [6.07, 6.45) is 0.432. The highest BCUT2D eigenvalue weighted by Gasteiger charge is 2.19. The van der Waals surface area contributed by atoms with Crippen molar-refractivity contribution in [1.29, 1.82) is 0 Å². The van der Waals surface area contributed by atoms with Gasteiger partial charge in [0.15, 0.2) is 0 Å². The molecule has 4 aromatic carbocycles. The van der Waals surface area contributed by atoms with Gasteiger partial charge < -0.3 is 0 Å². The molecule has 124 valence electrons. The monoisotopic (exact) mass is 348 g/mol. The summed E-state index contributed by atoms with van der Waals surface area (Å²) in [6, 6.07) is 24.9. The van der Waals surface area contributed by atoms with Gasteiger partial charge in [-0.15, -0.1) is 0 Å². The van der Waals surface area contributed by atoms with E-state index in [1.54, 1.807) is 18.2 Å². The first-order valence-corrected chi connectivity index (χ1v) is 9.43.